The second kappa shape index (κ2) is 18.9. The Kier molecular flexibility index (Phi) is 12.0. The van der Waals surface area contributed by atoms with Gasteiger partial charge in [-0.15, -0.1) is 0 Å². The fourth-order valence-electron chi connectivity index (χ4n) is 8.21. The van der Waals surface area contributed by atoms with Crippen molar-refractivity contribution < 1.29 is 13.8 Å². The van der Waals surface area contributed by atoms with Crippen molar-refractivity contribution in [2.75, 3.05) is 0 Å². The number of carbonyl (C=O) groups is 1. The lowest BCUT2D eigenvalue weighted by Crippen LogP contribution is -2.12. The van der Waals surface area contributed by atoms with Crippen LogP contribution in [0.4, 0.5) is 0 Å². The number of hydrogen-bond acceptors (Lipinski definition) is 3. The Bertz CT molecular complexity index is 2660. The molecule has 0 unspecified atom stereocenters. The Labute approximate surface area is 376 Å². The maximum Gasteiger partial charge on any atom is 0.317 e. The summed E-state index contributed by atoms with van der Waals surface area (Å²) in [5, 5.41) is 0. The van der Waals surface area contributed by atoms with Crippen LogP contribution in [0.1, 0.15) is 61.1 Å². The number of hydrogen-bond donors (Lipinski definition) is 0. The van der Waals surface area contributed by atoms with E-state index in [-0.39, 0.29) is 17.6 Å². The van der Waals surface area contributed by atoms with Crippen LogP contribution in [0.5, 0.6) is 11.5 Å². The molecule has 0 aliphatic rings. The van der Waals surface area contributed by atoms with E-state index in [0.29, 0.717) is 22.6 Å². The highest BCUT2D eigenvalue weighted by Gasteiger charge is 2.29. The zero-order chi connectivity index (χ0) is 43.1. The molecule has 0 aliphatic heterocycles. The lowest BCUT2D eigenvalue weighted by atomic mass is 9.83. The smallest absolute Gasteiger partial charge is 0.317 e. The summed E-state index contributed by atoms with van der Waals surface area (Å²) < 4.78 is 22.6. The Morgan fingerprint density at radius 1 is 0.328 bits per heavy atom. The number of ketones is 1. The van der Waals surface area contributed by atoms with Crippen LogP contribution in [0.15, 0.2) is 256 Å². The fourth-order valence-corrected chi connectivity index (χ4v) is 11.2. The highest BCUT2D eigenvalue weighted by molar-refractivity contribution is 7.49. The zero-order valence-electron chi connectivity index (χ0n) is 34.8. The summed E-state index contributed by atoms with van der Waals surface area (Å²) in [4.78, 5) is 15.7. The Hall–Kier alpha value is -7.43. The molecule has 0 bridgehead atoms. The van der Waals surface area contributed by atoms with Crippen molar-refractivity contribution in [1.82, 2.24) is 17.4 Å². The normalized spacial score (nSPS) is 11.4. The molecule has 0 saturated heterocycles. The molecular formula is C55H44N4O3P2. The number of benzene rings is 6. The minimum absolute atomic E-state index is 0.115. The molecule has 9 heteroatoms. The van der Waals surface area contributed by atoms with Gasteiger partial charge in [0.1, 0.15) is 11.5 Å². The van der Waals surface area contributed by atoms with Crippen LogP contribution in [-0.4, -0.2) is 23.1 Å². The molecule has 0 spiro atoms. The number of rotatable bonds is 16. The van der Waals surface area contributed by atoms with Crippen molar-refractivity contribution >= 4 is 22.7 Å². The molecular weight excluding hydrogens is 827 g/mol. The largest absolute Gasteiger partial charge is 0.435 e. The predicted octanol–water partition coefficient (Wildman–Crippen LogP) is 13.9. The van der Waals surface area contributed by atoms with Crippen LogP contribution in [0.25, 0.3) is 0 Å². The van der Waals surface area contributed by atoms with Gasteiger partial charge in [0, 0.05) is 61.4 Å². The minimum Gasteiger partial charge on any atom is -0.435 e. The van der Waals surface area contributed by atoms with Crippen molar-refractivity contribution in [1.29, 1.82) is 0 Å². The maximum absolute atomic E-state index is 15.7. The van der Waals surface area contributed by atoms with Crippen molar-refractivity contribution in [3.63, 3.8) is 0 Å². The monoisotopic (exact) mass is 870 g/mol. The molecule has 0 amide bonds. The van der Waals surface area contributed by atoms with Crippen molar-refractivity contribution in [3.05, 3.63) is 300 Å². The van der Waals surface area contributed by atoms with Crippen LogP contribution in [0.2, 0.25) is 0 Å². The van der Waals surface area contributed by atoms with Crippen molar-refractivity contribution in [2.45, 2.75) is 11.8 Å². The first-order valence-corrected chi connectivity index (χ1v) is 23.5. The van der Waals surface area contributed by atoms with Crippen molar-refractivity contribution in [2.24, 2.45) is 0 Å². The molecule has 6 aromatic carbocycles. The minimum atomic E-state index is -1.49. The molecule has 10 rings (SSSR count). The van der Waals surface area contributed by atoms with E-state index in [0.717, 1.165) is 33.4 Å². The summed E-state index contributed by atoms with van der Waals surface area (Å²) in [6.07, 6.45) is 16.0. The van der Waals surface area contributed by atoms with E-state index >= 15 is 4.79 Å². The third-order valence-electron chi connectivity index (χ3n) is 11.2. The molecule has 4 heterocycles. The summed E-state index contributed by atoms with van der Waals surface area (Å²) in [5.74, 6) is 0.520. The quantitative estimate of drug-likeness (QED) is 0.0552. The lowest BCUT2D eigenvalue weighted by molar-refractivity contribution is 0.103. The third kappa shape index (κ3) is 8.65. The average molecular weight is 871 g/mol. The molecule has 0 saturated carbocycles. The molecule has 0 fully saturated rings. The third-order valence-corrected chi connectivity index (χ3v) is 14.6. The van der Waals surface area contributed by atoms with E-state index in [2.05, 4.69) is 139 Å². The van der Waals surface area contributed by atoms with Gasteiger partial charge >= 0.3 is 16.9 Å². The number of carbonyl (C=O) groups excluding carboxylic acids is 1. The van der Waals surface area contributed by atoms with Gasteiger partial charge < -0.3 is 9.05 Å². The van der Waals surface area contributed by atoms with Gasteiger partial charge in [-0.1, -0.05) is 133 Å². The highest BCUT2D eigenvalue weighted by atomic mass is 31.2. The lowest BCUT2D eigenvalue weighted by Gasteiger charge is -2.25. The number of nitrogens with zero attached hydrogens (tertiary/aromatic N) is 4. The van der Waals surface area contributed by atoms with Gasteiger partial charge in [0.25, 0.3) is 0 Å². The summed E-state index contributed by atoms with van der Waals surface area (Å²) >= 11 is 0. The number of aromatic nitrogens is 4. The summed E-state index contributed by atoms with van der Waals surface area (Å²) in [7, 11) is -2.99. The Balaban J connectivity index is 1.15. The Morgan fingerprint density at radius 2 is 0.594 bits per heavy atom. The van der Waals surface area contributed by atoms with Crippen LogP contribution in [0.3, 0.4) is 0 Å². The summed E-state index contributed by atoms with van der Waals surface area (Å²) in [6.45, 7) is 0. The maximum atomic E-state index is 15.7. The van der Waals surface area contributed by atoms with E-state index < -0.39 is 16.9 Å². The van der Waals surface area contributed by atoms with Crippen LogP contribution >= 0.6 is 16.9 Å². The fraction of sp³-hybridized carbons (Fsp3) is 0.0364. The summed E-state index contributed by atoms with van der Waals surface area (Å²) in [5.41, 5.74) is 7.42. The molecule has 0 radical (unpaired) electrons. The van der Waals surface area contributed by atoms with Crippen LogP contribution in [0, 0.1) is 0 Å². The first-order chi connectivity index (χ1) is 31.7. The van der Waals surface area contributed by atoms with E-state index in [1.165, 1.54) is 0 Å². The van der Waals surface area contributed by atoms with Gasteiger partial charge in [0.2, 0.25) is 5.78 Å². The van der Waals surface area contributed by atoms with Gasteiger partial charge in [-0.05, 0) is 106 Å². The van der Waals surface area contributed by atoms with E-state index in [1.807, 2.05) is 135 Å². The second-order valence-electron chi connectivity index (χ2n) is 15.3. The molecule has 4 aromatic heterocycles. The average Bonchev–Trinajstić information content (AvgIpc) is 4.22. The van der Waals surface area contributed by atoms with E-state index in [1.54, 1.807) is 0 Å². The highest BCUT2D eigenvalue weighted by Crippen LogP contribution is 2.48. The van der Waals surface area contributed by atoms with Gasteiger partial charge in [-0.2, -0.15) is 0 Å². The molecule has 7 nitrogen and oxygen atoms in total. The van der Waals surface area contributed by atoms with Gasteiger partial charge in [-0.3, -0.25) is 22.1 Å². The van der Waals surface area contributed by atoms with Crippen LogP contribution < -0.4 is 9.05 Å². The predicted molar refractivity (Wildman–Crippen MR) is 258 cm³/mol. The zero-order valence-corrected chi connectivity index (χ0v) is 36.6. The molecule has 64 heavy (non-hydrogen) atoms. The SMILES string of the molecule is O=C(c1ccc(C(c2ccccc2)c2ccccc2)cc1OP(n1cccc1)n1cccc1)c1ccc(C(c2ccccc2)c2ccccc2)cc1OP(n1cccc1)n1cccc1. The Morgan fingerprint density at radius 3 is 0.859 bits per heavy atom. The molecule has 312 valence electrons. The topological polar surface area (TPSA) is 55.2 Å². The van der Waals surface area contributed by atoms with Gasteiger partial charge in [0.05, 0.1) is 11.1 Å². The molecule has 10 aromatic rings. The molecule has 0 atom stereocenters. The van der Waals surface area contributed by atoms with Gasteiger partial charge in [-0.25, -0.2) is 0 Å². The first kappa shape index (κ1) is 40.6. The molecule has 0 N–H and O–H groups in total. The first-order valence-electron chi connectivity index (χ1n) is 21.2. The standard InChI is InChI=1S/C55H44N4O3P2/c60-55(49-31-29-47(53(43-21-5-1-6-22-43)44-23-7-2-8-24-44)41-51(49)61-63(56-33-13-14-34-56)57-35-15-16-36-57)50-32-30-48(54(45-25-9-3-10-26-45)46-27-11-4-12-28-46)42-52(50)62-64(58-37-17-18-38-58)59-39-19-20-40-59/h1-42,53-54H. The van der Waals surface area contributed by atoms with Gasteiger partial charge in [0.15, 0.2) is 0 Å². The van der Waals surface area contributed by atoms with E-state index in [9.17, 15) is 0 Å². The van der Waals surface area contributed by atoms with E-state index in [4.69, 9.17) is 9.05 Å². The van der Waals surface area contributed by atoms with Crippen molar-refractivity contribution in [3.8, 4) is 11.5 Å². The molecule has 0 aliphatic carbocycles. The van der Waals surface area contributed by atoms with Crippen LogP contribution in [-0.2, 0) is 0 Å². The second-order valence-corrected chi connectivity index (χ2v) is 18.5. The summed E-state index contributed by atoms with van der Waals surface area (Å²) in [6, 6.07) is 70.0.